The fourth-order valence-electron chi connectivity index (χ4n) is 1.34. The van der Waals surface area contributed by atoms with Crippen LogP contribution in [0.1, 0.15) is 5.89 Å². The Bertz CT molecular complexity index is 536. The maximum absolute atomic E-state index is 10.5. The van der Waals surface area contributed by atoms with E-state index in [4.69, 9.17) is 14.4 Å². The summed E-state index contributed by atoms with van der Waals surface area (Å²) in [7, 11) is 1.56. The van der Waals surface area contributed by atoms with E-state index in [1.165, 1.54) is 0 Å². The fourth-order valence-corrected chi connectivity index (χ4v) is 1.34. The van der Waals surface area contributed by atoms with Crippen molar-refractivity contribution in [2.75, 3.05) is 7.11 Å². The lowest BCUT2D eigenvalue weighted by Gasteiger charge is -1.99. The molecule has 1 aromatic heterocycles. The number of ether oxygens (including phenoxy) is 1. The molecule has 0 saturated carbocycles. The lowest BCUT2D eigenvalue weighted by Crippen LogP contribution is -1.99. The molecule has 2 aromatic rings. The highest BCUT2D eigenvalue weighted by Crippen LogP contribution is 2.21. The van der Waals surface area contributed by atoms with Gasteiger partial charge in [0.25, 0.3) is 0 Å². The van der Waals surface area contributed by atoms with Gasteiger partial charge < -0.3 is 14.4 Å². The zero-order valence-corrected chi connectivity index (χ0v) is 9.08. The number of carbonyl (C=O) groups is 1. The Kier molecular flexibility index (Phi) is 3.04. The minimum Gasteiger partial charge on any atom is -0.497 e. The van der Waals surface area contributed by atoms with Gasteiger partial charge in [-0.3, -0.25) is 4.79 Å². The number of methoxy groups -OCH3 is 1. The summed E-state index contributed by atoms with van der Waals surface area (Å²) in [5.74, 6) is 0.0911. The highest BCUT2D eigenvalue weighted by atomic mass is 16.5. The monoisotopic (exact) mass is 234 g/mol. The second-order valence-corrected chi connectivity index (χ2v) is 3.31. The topological polar surface area (TPSA) is 85.5 Å². The van der Waals surface area contributed by atoms with E-state index in [0.717, 1.165) is 0 Å². The van der Waals surface area contributed by atoms with Crippen molar-refractivity contribution in [1.29, 1.82) is 0 Å². The standard InChI is InChI=1S/C11H10N2O4/c1-16-8-4-2-3-7(5-8)11-12-9(17-13-11)6-10(14)15/h2-5H,6H2,1H3,(H,14,15). The number of nitrogens with zero attached hydrogens (tertiary/aromatic N) is 2. The second-order valence-electron chi connectivity index (χ2n) is 3.31. The van der Waals surface area contributed by atoms with Crippen LogP contribution in [-0.2, 0) is 11.2 Å². The van der Waals surface area contributed by atoms with Gasteiger partial charge in [-0.2, -0.15) is 4.98 Å². The van der Waals surface area contributed by atoms with Gasteiger partial charge in [0.2, 0.25) is 11.7 Å². The average molecular weight is 234 g/mol. The van der Waals surface area contributed by atoms with Crippen molar-refractivity contribution in [2.45, 2.75) is 6.42 Å². The number of carboxylic acid groups (broad SMARTS) is 1. The number of aliphatic carboxylic acids is 1. The number of carboxylic acids is 1. The van der Waals surface area contributed by atoms with Crippen LogP contribution in [0.2, 0.25) is 0 Å². The van der Waals surface area contributed by atoms with Gasteiger partial charge in [-0.25, -0.2) is 0 Å². The van der Waals surface area contributed by atoms with Crippen LogP contribution in [0.25, 0.3) is 11.4 Å². The van der Waals surface area contributed by atoms with Crippen LogP contribution in [0.15, 0.2) is 28.8 Å². The molecule has 0 bridgehead atoms. The largest absolute Gasteiger partial charge is 0.497 e. The molecule has 0 aliphatic carbocycles. The molecule has 6 heteroatoms. The SMILES string of the molecule is COc1cccc(-c2noc(CC(=O)O)n2)c1. The summed E-state index contributed by atoms with van der Waals surface area (Å²) in [5, 5.41) is 12.3. The van der Waals surface area contributed by atoms with E-state index in [9.17, 15) is 4.79 Å². The zero-order valence-electron chi connectivity index (χ0n) is 9.08. The number of hydrogen-bond donors (Lipinski definition) is 1. The third-order valence-electron chi connectivity index (χ3n) is 2.10. The van der Waals surface area contributed by atoms with Gasteiger partial charge in [0.15, 0.2) is 0 Å². The summed E-state index contributed by atoms with van der Waals surface area (Å²) in [5.41, 5.74) is 0.713. The van der Waals surface area contributed by atoms with Crippen LogP contribution in [0, 0.1) is 0 Å². The van der Waals surface area contributed by atoms with Crippen LogP contribution in [0.3, 0.4) is 0 Å². The third-order valence-corrected chi connectivity index (χ3v) is 2.10. The van der Waals surface area contributed by atoms with Crippen LogP contribution in [0.4, 0.5) is 0 Å². The highest BCUT2D eigenvalue weighted by molar-refractivity contribution is 5.69. The number of rotatable bonds is 4. The molecule has 0 radical (unpaired) electrons. The van der Waals surface area contributed by atoms with Crippen LogP contribution >= 0.6 is 0 Å². The van der Waals surface area contributed by atoms with Gasteiger partial charge >= 0.3 is 5.97 Å². The maximum Gasteiger partial charge on any atom is 0.312 e. The van der Waals surface area contributed by atoms with Gasteiger partial charge in [0, 0.05) is 5.56 Å². The number of aromatic nitrogens is 2. The van der Waals surface area contributed by atoms with Gasteiger partial charge in [-0.15, -0.1) is 0 Å². The molecule has 2 rings (SSSR count). The molecular weight excluding hydrogens is 224 g/mol. The first-order valence-corrected chi connectivity index (χ1v) is 4.88. The zero-order chi connectivity index (χ0) is 12.3. The summed E-state index contributed by atoms with van der Waals surface area (Å²) in [6, 6.07) is 7.12. The van der Waals surface area contributed by atoms with E-state index < -0.39 is 5.97 Å². The van der Waals surface area contributed by atoms with E-state index in [1.807, 2.05) is 0 Å². The van der Waals surface area contributed by atoms with Crippen molar-refractivity contribution < 1.29 is 19.2 Å². The van der Waals surface area contributed by atoms with Crippen LogP contribution in [-0.4, -0.2) is 28.3 Å². The van der Waals surface area contributed by atoms with Crippen LogP contribution < -0.4 is 4.74 Å². The summed E-state index contributed by atoms with van der Waals surface area (Å²) < 4.78 is 9.89. The molecule has 1 N–H and O–H groups in total. The molecule has 0 saturated heterocycles. The Morgan fingerprint density at radius 1 is 1.53 bits per heavy atom. The summed E-state index contributed by atoms with van der Waals surface area (Å²) in [6.45, 7) is 0. The van der Waals surface area contributed by atoms with Crippen molar-refractivity contribution in [3.8, 4) is 17.1 Å². The third kappa shape index (κ3) is 2.60. The van der Waals surface area contributed by atoms with Crippen molar-refractivity contribution in [1.82, 2.24) is 10.1 Å². The lowest BCUT2D eigenvalue weighted by molar-refractivity contribution is -0.136. The predicted octanol–water partition coefficient (Wildman–Crippen LogP) is 1.37. The smallest absolute Gasteiger partial charge is 0.312 e. The predicted molar refractivity (Wildman–Crippen MR) is 57.6 cm³/mol. The molecule has 0 unspecified atom stereocenters. The summed E-state index contributed by atoms with van der Waals surface area (Å²) in [6.07, 6.45) is -0.281. The molecular formula is C11H10N2O4. The summed E-state index contributed by atoms with van der Waals surface area (Å²) in [4.78, 5) is 14.4. The fraction of sp³-hybridized carbons (Fsp3) is 0.182. The molecule has 0 atom stereocenters. The van der Waals surface area contributed by atoms with Gasteiger partial charge in [0.1, 0.15) is 12.2 Å². The van der Waals surface area contributed by atoms with E-state index >= 15 is 0 Å². The first-order valence-electron chi connectivity index (χ1n) is 4.88. The number of hydrogen-bond acceptors (Lipinski definition) is 5. The molecule has 1 heterocycles. The second kappa shape index (κ2) is 4.65. The van der Waals surface area contributed by atoms with Gasteiger partial charge in [-0.05, 0) is 12.1 Å². The lowest BCUT2D eigenvalue weighted by atomic mass is 10.2. The molecule has 1 aromatic carbocycles. The van der Waals surface area contributed by atoms with E-state index in [1.54, 1.807) is 31.4 Å². The van der Waals surface area contributed by atoms with Gasteiger partial charge in [0.05, 0.1) is 7.11 Å². The van der Waals surface area contributed by atoms with Gasteiger partial charge in [-0.1, -0.05) is 17.3 Å². The number of benzene rings is 1. The Labute approximate surface area is 96.8 Å². The van der Waals surface area contributed by atoms with Crippen molar-refractivity contribution in [3.05, 3.63) is 30.2 Å². The molecule has 0 aliphatic rings. The minimum atomic E-state index is -1.01. The highest BCUT2D eigenvalue weighted by Gasteiger charge is 2.11. The first kappa shape index (κ1) is 11.1. The maximum atomic E-state index is 10.5. The molecule has 0 fully saturated rings. The molecule has 17 heavy (non-hydrogen) atoms. The quantitative estimate of drug-likeness (QED) is 0.859. The molecule has 0 aliphatic heterocycles. The average Bonchev–Trinajstić information content (AvgIpc) is 2.77. The minimum absolute atomic E-state index is 0.0790. The van der Waals surface area contributed by atoms with Crippen molar-refractivity contribution >= 4 is 5.97 Å². The Morgan fingerprint density at radius 3 is 3.06 bits per heavy atom. The summed E-state index contributed by atoms with van der Waals surface area (Å²) >= 11 is 0. The molecule has 0 spiro atoms. The Hall–Kier alpha value is -2.37. The molecule has 88 valence electrons. The first-order chi connectivity index (χ1) is 8.19. The Balaban J connectivity index is 2.26. The van der Waals surface area contributed by atoms with Crippen LogP contribution in [0.5, 0.6) is 5.75 Å². The van der Waals surface area contributed by atoms with E-state index in [0.29, 0.717) is 17.1 Å². The normalized spacial score (nSPS) is 10.2. The van der Waals surface area contributed by atoms with Crippen molar-refractivity contribution in [2.24, 2.45) is 0 Å². The Morgan fingerprint density at radius 2 is 2.35 bits per heavy atom. The molecule has 6 nitrogen and oxygen atoms in total. The van der Waals surface area contributed by atoms with E-state index in [-0.39, 0.29) is 12.3 Å². The van der Waals surface area contributed by atoms with E-state index in [2.05, 4.69) is 10.1 Å². The molecule has 0 amide bonds. The van der Waals surface area contributed by atoms with Crippen molar-refractivity contribution in [3.63, 3.8) is 0 Å².